The normalized spacial score (nSPS) is 30.8. The first kappa shape index (κ1) is 20.2. The van der Waals surface area contributed by atoms with E-state index < -0.39 is 10.2 Å². The lowest BCUT2D eigenvalue weighted by atomic mass is 9.94. The molecule has 0 aromatic carbocycles. The summed E-state index contributed by atoms with van der Waals surface area (Å²) in [6.45, 7) is 8.00. The average Bonchev–Trinajstić information content (AvgIpc) is 3.33. The van der Waals surface area contributed by atoms with Gasteiger partial charge in [0.1, 0.15) is 0 Å². The molecule has 0 saturated carbocycles. The van der Waals surface area contributed by atoms with Crippen molar-refractivity contribution in [2.24, 2.45) is 5.92 Å². The van der Waals surface area contributed by atoms with Crippen LogP contribution >= 0.6 is 0 Å². The average molecular weight is 431 g/mol. The first-order valence-corrected chi connectivity index (χ1v) is 12.3. The molecule has 162 valence electrons. The summed E-state index contributed by atoms with van der Waals surface area (Å²) >= 11 is 0. The maximum absolute atomic E-state index is 13.5. The van der Waals surface area contributed by atoms with Crippen molar-refractivity contribution in [3.63, 3.8) is 0 Å². The second kappa shape index (κ2) is 7.44. The van der Waals surface area contributed by atoms with Crippen LogP contribution in [0.3, 0.4) is 0 Å². The van der Waals surface area contributed by atoms with Crippen LogP contribution in [0, 0.1) is 5.92 Å². The minimum Gasteiger partial charge on any atom is -0.373 e. The summed E-state index contributed by atoms with van der Waals surface area (Å²) in [5.41, 5.74) is 3.46. The van der Waals surface area contributed by atoms with E-state index in [0.29, 0.717) is 32.1 Å². The molecule has 7 nitrogen and oxygen atoms in total. The molecule has 2 aromatic rings. The predicted octanol–water partition coefficient (Wildman–Crippen LogP) is 2.84. The molecule has 0 amide bonds. The van der Waals surface area contributed by atoms with Gasteiger partial charge in [-0.1, -0.05) is 19.1 Å². The van der Waals surface area contributed by atoms with E-state index in [0.717, 1.165) is 23.9 Å². The number of fused-ring (bicyclic) bond motifs is 3. The number of allylic oxidation sites excluding steroid dienone is 1. The summed E-state index contributed by atoms with van der Waals surface area (Å²) < 4.78 is 38.3. The van der Waals surface area contributed by atoms with Gasteiger partial charge in [-0.2, -0.15) is 17.0 Å². The van der Waals surface area contributed by atoms with Gasteiger partial charge in [0, 0.05) is 55.9 Å². The monoisotopic (exact) mass is 430 g/mol. The Morgan fingerprint density at radius 2 is 1.87 bits per heavy atom. The van der Waals surface area contributed by atoms with Gasteiger partial charge >= 0.3 is 0 Å². The molecule has 2 aromatic heterocycles. The van der Waals surface area contributed by atoms with E-state index in [4.69, 9.17) is 4.74 Å². The molecule has 8 heteroatoms. The Bertz CT molecular complexity index is 1080. The molecule has 2 aliphatic heterocycles. The minimum absolute atomic E-state index is 0.0849. The fourth-order valence-electron chi connectivity index (χ4n) is 5.19. The predicted molar refractivity (Wildman–Crippen MR) is 117 cm³/mol. The molecule has 0 N–H and O–H groups in total. The number of ether oxygens (including phenoxy) is 1. The molecule has 0 bridgehead atoms. The van der Waals surface area contributed by atoms with Crippen LogP contribution in [0.2, 0.25) is 0 Å². The van der Waals surface area contributed by atoms with Crippen LogP contribution < -0.4 is 0 Å². The van der Waals surface area contributed by atoms with Gasteiger partial charge in [-0.15, -0.1) is 0 Å². The van der Waals surface area contributed by atoms with Gasteiger partial charge in [-0.3, -0.25) is 4.98 Å². The van der Waals surface area contributed by atoms with Crippen molar-refractivity contribution in [1.82, 2.24) is 18.2 Å². The molecule has 2 saturated heterocycles. The van der Waals surface area contributed by atoms with Gasteiger partial charge in [0.25, 0.3) is 10.2 Å². The van der Waals surface area contributed by atoms with Crippen molar-refractivity contribution in [3.8, 4) is 0 Å². The van der Waals surface area contributed by atoms with E-state index in [1.54, 1.807) is 8.61 Å². The maximum atomic E-state index is 13.5. The van der Waals surface area contributed by atoms with Crippen LogP contribution in [-0.4, -0.2) is 65.0 Å². The third kappa shape index (κ3) is 3.30. The zero-order chi connectivity index (χ0) is 21.0. The number of aromatic nitrogens is 2. The second-order valence-electron chi connectivity index (χ2n) is 9.03. The molecule has 2 unspecified atom stereocenters. The number of nitrogens with zero attached hydrogens (tertiary/aromatic N) is 4. The lowest BCUT2D eigenvalue weighted by Gasteiger charge is -2.42. The van der Waals surface area contributed by atoms with E-state index in [1.165, 1.54) is 11.1 Å². The van der Waals surface area contributed by atoms with Gasteiger partial charge in [-0.25, -0.2) is 0 Å². The van der Waals surface area contributed by atoms with Crippen molar-refractivity contribution in [1.29, 1.82) is 0 Å². The largest absolute Gasteiger partial charge is 0.373 e. The number of morpholine rings is 1. The van der Waals surface area contributed by atoms with Crippen molar-refractivity contribution in [3.05, 3.63) is 35.8 Å². The van der Waals surface area contributed by atoms with E-state index in [2.05, 4.69) is 40.9 Å². The zero-order valence-electron chi connectivity index (χ0n) is 17.9. The molecular weight excluding hydrogens is 400 g/mol. The van der Waals surface area contributed by atoms with Crippen LogP contribution in [0.5, 0.6) is 0 Å². The molecule has 1 aliphatic carbocycles. The Morgan fingerprint density at radius 1 is 1.10 bits per heavy atom. The fraction of sp³-hybridized carbons (Fsp3) is 0.591. The first-order chi connectivity index (χ1) is 14.3. The van der Waals surface area contributed by atoms with Crippen molar-refractivity contribution >= 4 is 27.2 Å². The van der Waals surface area contributed by atoms with E-state index in [1.807, 2.05) is 20.0 Å². The lowest BCUT2D eigenvalue weighted by molar-refractivity contribution is -0.0458. The van der Waals surface area contributed by atoms with Gasteiger partial charge in [0.15, 0.2) is 0 Å². The van der Waals surface area contributed by atoms with Crippen LogP contribution in [-0.2, 0) is 21.4 Å². The van der Waals surface area contributed by atoms with Gasteiger partial charge in [0.05, 0.1) is 29.5 Å². The first-order valence-electron chi connectivity index (χ1n) is 10.9. The lowest BCUT2D eigenvalue weighted by Crippen LogP contribution is -2.55. The van der Waals surface area contributed by atoms with Crippen molar-refractivity contribution in [2.45, 2.75) is 51.9 Å². The van der Waals surface area contributed by atoms with Crippen molar-refractivity contribution in [2.75, 3.05) is 26.2 Å². The topological polar surface area (TPSA) is 67.7 Å². The highest BCUT2D eigenvalue weighted by molar-refractivity contribution is 7.86. The Morgan fingerprint density at radius 3 is 2.63 bits per heavy atom. The van der Waals surface area contributed by atoms with Gasteiger partial charge in [0.2, 0.25) is 0 Å². The number of hydrogen-bond acceptors (Lipinski definition) is 4. The third-order valence-electron chi connectivity index (χ3n) is 6.74. The summed E-state index contributed by atoms with van der Waals surface area (Å²) in [5.74, 6) is 0.392. The number of piperidine rings is 1. The number of rotatable bonds is 3. The summed E-state index contributed by atoms with van der Waals surface area (Å²) in [6.07, 6.45) is 9.89. The molecule has 5 rings (SSSR count). The summed E-state index contributed by atoms with van der Waals surface area (Å²) in [7, 11) is -3.52. The Kier molecular flexibility index (Phi) is 5.01. The van der Waals surface area contributed by atoms with Crippen molar-refractivity contribution < 1.29 is 13.2 Å². The second-order valence-corrected chi connectivity index (χ2v) is 11.0. The van der Waals surface area contributed by atoms with Crippen LogP contribution in [0.25, 0.3) is 17.0 Å². The molecular formula is C22H30N4O3S. The Balaban J connectivity index is 1.47. The van der Waals surface area contributed by atoms with Crippen LogP contribution in [0.4, 0.5) is 0 Å². The van der Waals surface area contributed by atoms with Gasteiger partial charge < -0.3 is 9.30 Å². The van der Waals surface area contributed by atoms with Gasteiger partial charge in [-0.05, 0) is 32.3 Å². The fourth-order valence-corrected chi connectivity index (χ4v) is 6.99. The Labute approximate surface area is 178 Å². The standard InChI is InChI=1S/C22H30N4O3S/c1-15-7-9-24(30(27,28)25-12-16(2)29-17(3)13-25)14-21(15)26-10-8-18-11-23-20-6-4-5-19(20)22(18)26/h4-5,8,10-11,15-17,21H,6-7,9,12-14H2,1-3H3/t15-,16?,17?,21+/m1/s1. The van der Waals surface area contributed by atoms with E-state index in [9.17, 15) is 8.42 Å². The molecule has 4 heterocycles. The number of pyridine rings is 1. The van der Waals surface area contributed by atoms with Crippen LogP contribution in [0.15, 0.2) is 24.5 Å². The summed E-state index contributed by atoms with van der Waals surface area (Å²) in [4.78, 5) is 4.59. The molecule has 0 spiro atoms. The van der Waals surface area contributed by atoms with E-state index in [-0.39, 0.29) is 18.2 Å². The van der Waals surface area contributed by atoms with E-state index >= 15 is 0 Å². The molecule has 30 heavy (non-hydrogen) atoms. The maximum Gasteiger partial charge on any atom is 0.282 e. The minimum atomic E-state index is -3.52. The highest BCUT2D eigenvalue weighted by atomic mass is 32.2. The van der Waals surface area contributed by atoms with Crippen LogP contribution in [0.1, 0.15) is 44.5 Å². The molecule has 0 radical (unpaired) electrons. The number of hydrogen-bond donors (Lipinski definition) is 0. The zero-order valence-corrected chi connectivity index (χ0v) is 18.7. The SMILES string of the molecule is CC1CN(S(=O)(=O)N2CC[C@@H](C)[C@@H](n3ccc4cnc5c(c43)C=CC5)C2)CC(C)O1. The Hall–Kier alpha value is -1.74. The molecule has 2 fully saturated rings. The molecule has 3 aliphatic rings. The highest BCUT2D eigenvalue weighted by Gasteiger charge is 2.40. The molecule has 4 atom stereocenters. The quantitative estimate of drug-likeness (QED) is 0.751. The summed E-state index contributed by atoms with van der Waals surface area (Å²) in [5, 5.41) is 1.11. The summed E-state index contributed by atoms with van der Waals surface area (Å²) in [6, 6.07) is 2.20. The smallest absolute Gasteiger partial charge is 0.282 e. The highest BCUT2D eigenvalue weighted by Crippen LogP contribution is 2.36. The third-order valence-corrected chi connectivity index (χ3v) is 8.68.